The summed E-state index contributed by atoms with van der Waals surface area (Å²) >= 11 is 0. The van der Waals surface area contributed by atoms with Crippen molar-refractivity contribution in [3.63, 3.8) is 0 Å². The molecule has 3 heterocycles. The van der Waals surface area contributed by atoms with Gasteiger partial charge in [-0.2, -0.15) is 0 Å². The normalized spacial score (nSPS) is 10.9. The molecule has 4 aromatic carbocycles. The number of pyridine rings is 1. The van der Waals surface area contributed by atoms with Gasteiger partial charge in [0.2, 0.25) is 0 Å². The van der Waals surface area contributed by atoms with Crippen LogP contribution in [-0.2, 0) is 0 Å². The summed E-state index contributed by atoms with van der Waals surface area (Å²) in [4.78, 5) is 22.9. The van der Waals surface area contributed by atoms with E-state index in [0.29, 0.717) is 5.82 Å². The van der Waals surface area contributed by atoms with E-state index >= 15 is 0 Å². The van der Waals surface area contributed by atoms with Gasteiger partial charge in [0.1, 0.15) is 6.33 Å². The highest BCUT2D eigenvalue weighted by Crippen LogP contribution is 2.36. The number of nitrogens with zero attached hydrogens (tertiary/aromatic N) is 5. The van der Waals surface area contributed by atoms with Crippen molar-refractivity contribution in [2.45, 2.75) is 0 Å². The van der Waals surface area contributed by atoms with Crippen LogP contribution < -0.4 is 0 Å². The van der Waals surface area contributed by atoms with Crippen LogP contribution in [0.1, 0.15) is 0 Å². The first-order chi connectivity index (χ1) is 20.8. The van der Waals surface area contributed by atoms with E-state index in [-0.39, 0.29) is 0 Å². The number of benzene rings is 4. The molecule has 0 N–H and O–H groups in total. The van der Waals surface area contributed by atoms with Gasteiger partial charge in [-0.15, -0.1) is 0 Å². The summed E-state index contributed by atoms with van der Waals surface area (Å²) in [7, 11) is 0. The summed E-state index contributed by atoms with van der Waals surface area (Å²) in [5.41, 5.74) is 11.0. The third kappa shape index (κ3) is 5.19. The molecule has 0 radical (unpaired) electrons. The average Bonchev–Trinajstić information content (AvgIpc) is 3.09. The first kappa shape index (κ1) is 25.2. The van der Waals surface area contributed by atoms with E-state index in [1.807, 2.05) is 30.5 Å². The van der Waals surface area contributed by atoms with Crippen molar-refractivity contribution in [2.75, 3.05) is 0 Å². The number of rotatable bonds is 6. The molecule has 0 aliphatic rings. The largest absolute Gasteiger partial charge is 0.256 e. The molecule has 198 valence electrons. The Balaban J connectivity index is 1.38. The summed E-state index contributed by atoms with van der Waals surface area (Å²) in [5, 5.41) is 0. The summed E-state index contributed by atoms with van der Waals surface area (Å²) in [5.74, 6) is 0.624. The molecule has 0 aliphatic heterocycles. The number of aromatic nitrogens is 5. The summed E-state index contributed by atoms with van der Waals surface area (Å²) < 4.78 is 0. The second kappa shape index (κ2) is 11.4. The van der Waals surface area contributed by atoms with Crippen molar-refractivity contribution in [3.8, 4) is 67.3 Å². The maximum atomic E-state index is 5.19. The number of hydrogen-bond donors (Lipinski definition) is 0. The first-order valence-electron chi connectivity index (χ1n) is 13.7. The lowest BCUT2D eigenvalue weighted by atomic mass is 9.95. The molecule has 0 spiro atoms. The molecule has 7 aromatic rings. The van der Waals surface area contributed by atoms with Crippen molar-refractivity contribution < 1.29 is 0 Å². The van der Waals surface area contributed by atoms with E-state index in [1.54, 1.807) is 18.6 Å². The Morgan fingerprint density at radius 2 is 1.00 bits per heavy atom. The predicted octanol–water partition coefficient (Wildman–Crippen LogP) is 8.66. The molecule has 0 fully saturated rings. The Bertz CT molecular complexity index is 1970. The van der Waals surface area contributed by atoms with Gasteiger partial charge in [-0.05, 0) is 52.1 Å². The molecule has 0 amide bonds. The van der Waals surface area contributed by atoms with Gasteiger partial charge >= 0.3 is 0 Å². The summed E-state index contributed by atoms with van der Waals surface area (Å²) in [6, 6.07) is 41.8. The highest BCUT2D eigenvalue weighted by Gasteiger charge is 2.15. The van der Waals surface area contributed by atoms with Crippen molar-refractivity contribution in [2.24, 2.45) is 0 Å². The fraction of sp³-hybridized carbons (Fsp3) is 0. The van der Waals surface area contributed by atoms with Gasteiger partial charge in [0, 0.05) is 47.0 Å². The van der Waals surface area contributed by atoms with Gasteiger partial charge < -0.3 is 0 Å². The number of hydrogen-bond acceptors (Lipinski definition) is 5. The van der Waals surface area contributed by atoms with Crippen LogP contribution >= 0.6 is 0 Å². The predicted molar refractivity (Wildman–Crippen MR) is 168 cm³/mol. The fourth-order valence-electron chi connectivity index (χ4n) is 5.08. The van der Waals surface area contributed by atoms with Gasteiger partial charge in [0.25, 0.3) is 0 Å². The average molecular weight is 540 g/mol. The highest BCUT2D eigenvalue weighted by atomic mass is 14.9. The van der Waals surface area contributed by atoms with Gasteiger partial charge in [0.05, 0.1) is 11.4 Å². The molecule has 0 unspecified atom stereocenters. The van der Waals surface area contributed by atoms with Crippen LogP contribution in [0.15, 0.2) is 152 Å². The zero-order chi connectivity index (χ0) is 28.1. The quantitative estimate of drug-likeness (QED) is 0.212. The van der Waals surface area contributed by atoms with Crippen LogP contribution in [0.3, 0.4) is 0 Å². The van der Waals surface area contributed by atoms with E-state index in [1.165, 1.54) is 11.9 Å². The molecule has 0 atom stereocenters. The highest BCUT2D eigenvalue weighted by molar-refractivity contribution is 5.85. The zero-order valence-electron chi connectivity index (χ0n) is 22.7. The lowest BCUT2D eigenvalue weighted by Crippen LogP contribution is -1.97. The molecule has 0 saturated carbocycles. The van der Waals surface area contributed by atoms with Crippen LogP contribution in [0.2, 0.25) is 0 Å². The molecule has 7 rings (SSSR count). The monoisotopic (exact) mass is 539 g/mol. The van der Waals surface area contributed by atoms with Crippen molar-refractivity contribution in [3.05, 3.63) is 152 Å². The minimum atomic E-state index is 0.624. The molecule has 0 aliphatic carbocycles. The van der Waals surface area contributed by atoms with Crippen molar-refractivity contribution >= 4 is 0 Å². The zero-order valence-corrected chi connectivity index (χ0v) is 22.7. The van der Waals surface area contributed by atoms with E-state index in [2.05, 4.69) is 112 Å². The summed E-state index contributed by atoms with van der Waals surface area (Å²) in [6.07, 6.45) is 8.72. The van der Waals surface area contributed by atoms with Crippen LogP contribution in [0, 0.1) is 0 Å². The van der Waals surface area contributed by atoms with Gasteiger partial charge in [-0.25, -0.2) is 19.9 Å². The van der Waals surface area contributed by atoms with Gasteiger partial charge in [-0.1, -0.05) is 97.1 Å². The topological polar surface area (TPSA) is 64.5 Å². The Morgan fingerprint density at radius 3 is 1.69 bits per heavy atom. The van der Waals surface area contributed by atoms with Crippen LogP contribution in [0.4, 0.5) is 0 Å². The lowest BCUT2D eigenvalue weighted by molar-refractivity contribution is 1.15. The molecule has 3 aromatic heterocycles. The van der Waals surface area contributed by atoms with Crippen molar-refractivity contribution in [1.82, 2.24) is 24.9 Å². The Morgan fingerprint density at radius 1 is 0.405 bits per heavy atom. The second-order valence-electron chi connectivity index (χ2n) is 9.91. The second-order valence-corrected chi connectivity index (χ2v) is 9.91. The summed E-state index contributed by atoms with van der Waals surface area (Å²) in [6.45, 7) is 0. The van der Waals surface area contributed by atoms with E-state index in [0.717, 1.165) is 55.9 Å². The fourth-order valence-corrected chi connectivity index (χ4v) is 5.08. The molecule has 5 heteroatoms. The third-order valence-electron chi connectivity index (χ3n) is 7.19. The van der Waals surface area contributed by atoms with Gasteiger partial charge in [0.15, 0.2) is 5.82 Å². The molecule has 42 heavy (non-hydrogen) atoms. The van der Waals surface area contributed by atoms with Gasteiger partial charge in [-0.3, -0.25) is 4.98 Å². The van der Waals surface area contributed by atoms with Crippen LogP contribution in [0.5, 0.6) is 0 Å². The minimum Gasteiger partial charge on any atom is -0.256 e. The Labute approximate surface area is 244 Å². The Hall–Kier alpha value is -5.81. The molecular formula is C37H25N5. The third-order valence-corrected chi connectivity index (χ3v) is 7.19. The standard InChI is InChI=1S/C37H25N5/c1-3-9-26(10-4-1)28-13-7-15-30(19-28)34-24-41-37(32-17-18-40-35(21-32)33-22-38-25-39-23-33)42-36(34)31-16-8-14-29(20-31)27-11-5-2-6-12-27/h1-25H. The maximum Gasteiger partial charge on any atom is 0.159 e. The van der Waals surface area contributed by atoms with E-state index < -0.39 is 0 Å². The van der Waals surface area contributed by atoms with E-state index in [4.69, 9.17) is 9.97 Å². The SMILES string of the molecule is c1ccc(-c2cccc(-c3cnc(-c4ccnc(-c5cncnc5)c4)nc3-c3cccc(-c4ccccc4)c3)c2)cc1. The Kier molecular flexibility index (Phi) is 6.81. The molecule has 5 nitrogen and oxygen atoms in total. The maximum absolute atomic E-state index is 5.19. The minimum absolute atomic E-state index is 0.624. The molecular weight excluding hydrogens is 514 g/mol. The molecule has 0 bridgehead atoms. The van der Waals surface area contributed by atoms with E-state index in [9.17, 15) is 0 Å². The first-order valence-corrected chi connectivity index (χ1v) is 13.7. The van der Waals surface area contributed by atoms with Crippen LogP contribution in [-0.4, -0.2) is 24.9 Å². The lowest BCUT2D eigenvalue weighted by Gasteiger charge is -2.14. The smallest absolute Gasteiger partial charge is 0.159 e. The van der Waals surface area contributed by atoms with Crippen molar-refractivity contribution in [1.29, 1.82) is 0 Å². The molecule has 0 saturated heterocycles. The van der Waals surface area contributed by atoms with Crippen LogP contribution in [0.25, 0.3) is 67.3 Å².